The van der Waals surface area contributed by atoms with E-state index in [0.29, 0.717) is 6.04 Å². The number of ether oxygens (including phenoxy) is 1. The van der Waals surface area contributed by atoms with Gasteiger partial charge in [0.25, 0.3) is 0 Å². The van der Waals surface area contributed by atoms with Crippen molar-refractivity contribution in [3.8, 4) is 0 Å². The van der Waals surface area contributed by atoms with Crippen molar-refractivity contribution in [1.29, 1.82) is 0 Å². The molecule has 4 rings (SSSR count). The third kappa shape index (κ3) is 2.92. The van der Waals surface area contributed by atoms with E-state index in [1.165, 1.54) is 49.1 Å². The SMILES string of the molecule is C1=CN(CCC2CCCN2)C2CC(C3=CCOCC3)=CC=C12. The van der Waals surface area contributed by atoms with Gasteiger partial charge in [0, 0.05) is 12.6 Å². The van der Waals surface area contributed by atoms with Gasteiger partial charge in [0.1, 0.15) is 0 Å². The second-order valence-electron chi connectivity index (χ2n) is 6.77. The van der Waals surface area contributed by atoms with Gasteiger partial charge in [0.2, 0.25) is 0 Å². The molecule has 0 saturated carbocycles. The molecule has 1 N–H and O–H groups in total. The van der Waals surface area contributed by atoms with Crippen LogP contribution in [0.2, 0.25) is 0 Å². The van der Waals surface area contributed by atoms with E-state index in [4.69, 9.17) is 4.74 Å². The number of fused-ring (bicyclic) bond motifs is 1. The molecule has 3 aliphatic heterocycles. The fourth-order valence-corrected chi connectivity index (χ4v) is 4.06. The molecular formula is C19H26N2O. The molecule has 1 aliphatic carbocycles. The number of nitrogens with zero attached hydrogens (tertiary/aromatic N) is 1. The van der Waals surface area contributed by atoms with Crippen molar-refractivity contribution in [2.45, 2.75) is 44.2 Å². The zero-order chi connectivity index (χ0) is 14.8. The summed E-state index contributed by atoms with van der Waals surface area (Å²) in [5, 5.41) is 3.61. The zero-order valence-corrected chi connectivity index (χ0v) is 13.3. The van der Waals surface area contributed by atoms with Crippen molar-refractivity contribution < 1.29 is 4.74 Å². The molecule has 3 nitrogen and oxygen atoms in total. The highest BCUT2D eigenvalue weighted by atomic mass is 16.5. The highest BCUT2D eigenvalue weighted by Crippen LogP contribution is 2.34. The number of hydrogen-bond donors (Lipinski definition) is 1. The Labute approximate surface area is 133 Å². The summed E-state index contributed by atoms with van der Waals surface area (Å²) >= 11 is 0. The molecule has 4 aliphatic rings. The van der Waals surface area contributed by atoms with Gasteiger partial charge in [-0.05, 0) is 67.6 Å². The Hall–Kier alpha value is -1.32. The summed E-state index contributed by atoms with van der Waals surface area (Å²) in [6.45, 7) is 4.03. The van der Waals surface area contributed by atoms with E-state index in [2.05, 4.69) is 40.7 Å². The summed E-state index contributed by atoms with van der Waals surface area (Å²) < 4.78 is 5.45. The molecule has 1 fully saturated rings. The van der Waals surface area contributed by atoms with Crippen LogP contribution in [-0.2, 0) is 4.74 Å². The van der Waals surface area contributed by atoms with Crippen molar-refractivity contribution in [2.24, 2.45) is 0 Å². The fourth-order valence-electron chi connectivity index (χ4n) is 4.06. The van der Waals surface area contributed by atoms with Gasteiger partial charge >= 0.3 is 0 Å². The Morgan fingerprint density at radius 1 is 1.27 bits per heavy atom. The smallest absolute Gasteiger partial charge is 0.0653 e. The third-order valence-corrected chi connectivity index (χ3v) is 5.41. The standard InChI is InChI=1S/C19H26N2O/c1-2-18(20-9-1)6-11-21-10-5-16-3-4-17(14-19(16)21)15-7-12-22-13-8-15/h3-5,7,10,18-20H,1-2,6,8-9,11-14H2. The Balaban J connectivity index is 1.40. The normalized spacial score (nSPS) is 30.9. The van der Waals surface area contributed by atoms with Crippen molar-refractivity contribution >= 4 is 0 Å². The average molecular weight is 298 g/mol. The summed E-state index contributed by atoms with van der Waals surface area (Å²) in [6, 6.07) is 1.29. The van der Waals surface area contributed by atoms with Gasteiger partial charge in [-0.1, -0.05) is 18.2 Å². The predicted octanol–water partition coefficient (Wildman–Crippen LogP) is 2.93. The van der Waals surface area contributed by atoms with Gasteiger partial charge in [-0.3, -0.25) is 0 Å². The van der Waals surface area contributed by atoms with Crippen molar-refractivity contribution in [2.75, 3.05) is 26.3 Å². The lowest BCUT2D eigenvalue weighted by molar-refractivity contribution is 0.155. The highest BCUT2D eigenvalue weighted by molar-refractivity contribution is 5.46. The first-order valence-electron chi connectivity index (χ1n) is 8.75. The minimum Gasteiger partial charge on any atom is -0.377 e. The van der Waals surface area contributed by atoms with Crippen LogP contribution < -0.4 is 5.32 Å². The van der Waals surface area contributed by atoms with E-state index in [-0.39, 0.29) is 0 Å². The molecule has 22 heavy (non-hydrogen) atoms. The third-order valence-electron chi connectivity index (χ3n) is 5.41. The number of nitrogens with one attached hydrogen (secondary N) is 1. The number of rotatable bonds is 4. The molecule has 0 aromatic rings. The van der Waals surface area contributed by atoms with Crippen LogP contribution >= 0.6 is 0 Å². The first kappa shape index (κ1) is 14.3. The quantitative estimate of drug-likeness (QED) is 0.863. The summed E-state index contributed by atoms with van der Waals surface area (Å²) in [5.41, 5.74) is 4.51. The lowest BCUT2D eigenvalue weighted by Crippen LogP contribution is -2.34. The molecule has 0 aromatic heterocycles. The van der Waals surface area contributed by atoms with Crippen LogP contribution in [0.5, 0.6) is 0 Å². The van der Waals surface area contributed by atoms with E-state index in [1.807, 2.05) is 0 Å². The minimum atomic E-state index is 0.560. The Morgan fingerprint density at radius 2 is 2.27 bits per heavy atom. The van der Waals surface area contributed by atoms with Crippen LogP contribution in [0.15, 0.2) is 47.2 Å². The number of allylic oxidation sites excluding steroid dienone is 2. The molecule has 3 heterocycles. The topological polar surface area (TPSA) is 24.5 Å². The molecule has 0 aromatic carbocycles. The Bertz CT molecular complexity index is 538. The van der Waals surface area contributed by atoms with E-state index in [0.717, 1.165) is 32.1 Å². The predicted molar refractivity (Wildman–Crippen MR) is 89.6 cm³/mol. The number of hydrogen-bond acceptors (Lipinski definition) is 3. The largest absolute Gasteiger partial charge is 0.377 e. The molecule has 1 saturated heterocycles. The van der Waals surface area contributed by atoms with Crippen LogP contribution in [0, 0.1) is 0 Å². The maximum absolute atomic E-state index is 5.45. The van der Waals surface area contributed by atoms with Crippen LogP contribution in [0.25, 0.3) is 0 Å². The van der Waals surface area contributed by atoms with E-state index >= 15 is 0 Å². The van der Waals surface area contributed by atoms with Gasteiger partial charge in [-0.2, -0.15) is 0 Å². The first-order valence-corrected chi connectivity index (χ1v) is 8.75. The molecule has 0 radical (unpaired) electrons. The molecule has 0 spiro atoms. The first-order chi connectivity index (χ1) is 10.9. The summed E-state index contributed by atoms with van der Waals surface area (Å²) in [5.74, 6) is 0. The molecule has 118 valence electrons. The molecule has 2 unspecified atom stereocenters. The van der Waals surface area contributed by atoms with Crippen molar-refractivity contribution in [3.63, 3.8) is 0 Å². The molecule has 0 bridgehead atoms. The maximum Gasteiger partial charge on any atom is 0.0653 e. The van der Waals surface area contributed by atoms with Crippen molar-refractivity contribution in [1.82, 2.24) is 10.2 Å². The van der Waals surface area contributed by atoms with E-state index in [9.17, 15) is 0 Å². The lowest BCUT2D eigenvalue weighted by Gasteiger charge is -2.31. The van der Waals surface area contributed by atoms with Gasteiger partial charge < -0.3 is 15.0 Å². The molecule has 3 heteroatoms. The van der Waals surface area contributed by atoms with Crippen LogP contribution in [0.3, 0.4) is 0 Å². The second-order valence-corrected chi connectivity index (χ2v) is 6.77. The monoisotopic (exact) mass is 298 g/mol. The van der Waals surface area contributed by atoms with Crippen LogP contribution in [0.4, 0.5) is 0 Å². The second kappa shape index (κ2) is 6.43. The minimum absolute atomic E-state index is 0.560. The van der Waals surface area contributed by atoms with Gasteiger partial charge in [-0.25, -0.2) is 0 Å². The Morgan fingerprint density at radius 3 is 3.09 bits per heavy atom. The summed E-state index contributed by atoms with van der Waals surface area (Å²) in [7, 11) is 0. The van der Waals surface area contributed by atoms with Crippen LogP contribution in [0.1, 0.15) is 32.1 Å². The Kier molecular flexibility index (Phi) is 4.17. The lowest BCUT2D eigenvalue weighted by atomic mass is 9.88. The van der Waals surface area contributed by atoms with Crippen LogP contribution in [-0.4, -0.2) is 43.3 Å². The molecule has 0 amide bonds. The maximum atomic E-state index is 5.45. The molecule has 2 atom stereocenters. The van der Waals surface area contributed by atoms with Crippen molar-refractivity contribution in [3.05, 3.63) is 47.2 Å². The molecular weight excluding hydrogens is 272 g/mol. The van der Waals surface area contributed by atoms with Gasteiger partial charge in [-0.15, -0.1) is 0 Å². The summed E-state index contributed by atoms with van der Waals surface area (Å²) in [6.07, 6.45) is 17.7. The van der Waals surface area contributed by atoms with Gasteiger partial charge in [0.15, 0.2) is 0 Å². The zero-order valence-electron chi connectivity index (χ0n) is 13.3. The highest BCUT2D eigenvalue weighted by Gasteiger charge is 2.28. The summed E-state index contributed by atoms with van der Waals surface area (Å²) in [4.78, 5) is 2.55. The van der Waals surface area contributed by atoms with Gasteiger partial charge in [0.05, 0.1) is 19.3 Å². The van der Waals surface area contributed by atoms with E-state index in [1.54, 1.807) is 0 Å². The average Bonchev–Trinajstić information content (AvgIpc) is 3.23. The van der Waals surface area contributed by atoms with E-state index < -0.39 is 0 Å². The fraction of sp³-hybridized carbons (Fsp3) is 0.579.